The summed E-state index contributed by atoms with van der Waals surface area (Å²) in [5.74, 6) is 0.0260. The Bertz CT molecular complexity index is 636. The molecule has 2 heterocycles. The van der Waals surface area contributed by atoms with Gasteiger partial charge in [-0.25, -0.2) is 0 Å². The number of nitrogens with one attached hydrogen (secondary N) is 1. The van der Waals surface area contributed by atoms with Gasteiger partial charge in [-0.1, -0.05) is 12.8 Å². The number of likely N-dealkylation sites (tertiary alicyclic amines) is 1. The Hall–Kier alpha value is -2.08. The minimum Gasteiger partial charge on any atom is -0.372 e. The predicted octanol–water partition coefficient (Wildman–Crippen LogP) is 2.56. The van der Waals surface area contributed by atoms with Crippen molar-refractivity contribution in [3.8, 4) is 0 Å². The minimum absolute atomic E-state index is 0.0593. The molecule has 27 heavy (non-hydrogen) atoms. The van der Waals surface area contributed by atoms with Crippen molar-refractivity contribution < 1.29 is 9.59 Å². The Balaban J connectivity index is 1.54. The third-order valence-electron chi connectivity index (χ3n) is 5.56. The van der Waals surface area contributed by atoms with E-state index in [0.29, 0.717) is 0 Å². The summed E-state index contributed by atoms with van der Waals surface area (Å²) in [6, 6.07) is 7.97. The fourth-order valence-electron chi connectivity index (χ4n) is 4.06. The van der Waals surface area contributed by atoms with E-state index in [-0.39, 0.29) is 24.4 Å². The van der Waals surface area contributed by atoms with Crippen LogP contribution in [0.15, 0.2) is 24.3 Å². The van der Waals surface area contributed by atoms with Crippen molar-refractivity contribution >= 4 is 23.2 Å². The molecule has 0 spiro atoms. The van der Waals surface area contributed by atoms with Gasteiger partial charge in [0.05, 0.1) is 12.6 Å². The summed E-state index contributed by atoms with van der Waals surface area (Å²) in [5.41, 5.74) is 2.04. The van der Waals surface area contributed by atoms with Crippen LogP contribution in [0.25, 0.3) is 0 Å². The van der Waals surface area contributed by atoms with Crippen molar-refractivity contribution in [2.24, 2.45) is 0 Å². The fraction of sp³-hybridized carbons (Fsp3) is 0.619. The molecule has 2 aliphatic rings. The molecule has 1 aromatic carbocycles. The van der Waals surface area contributed by atoms with Crippen molar-refractivity contribution in [1.82, 2.24) is 9.80 Å². The van der Waals surface area contributed by atoms with Gasteiger partial charge in [0.1, 0.15) is 0 Å². The highest BCUT2D eigenvalue weighted by Gasteiger charge is 2.32. The Morgan fingerprint density at radius 3 is 2.30 bits per heavy atom. The predicted molar refractivity (Wildman–Crippen MR) is 109 cm³/mol. The van der Waals surface area contributed by atoms with Gasteiger partial charge >= 0.3 is 0 Å². The van der Waals surface area contributed by atoms with Gasteiger partial charge in [0.25, 0.3) is 0 Å². The van der Waals surface area contributed by atoms with Crippen LogP contribution in [0.1, 0.15) is 38.5 Å². The van der Waals surface area contributed by atoms with E-state index >= 15 is 0 Å². The third-order valence-corrected chi connectivity index (χ3v) is 5.56. The molecule has 6 heteroatoms. The van der Waals surface area contributed by atoms with Gasteiger partial charge in [-0.15, -0.1) is 0 Å². The summed E-state index contributed by atoms with van der Waals surface area (Å²) in [5, 5.41) is 2.98. The van der Waals surface area contributed by atoms with Crippen molar-refractivity contribution in [3.63, 3.8) is 0 Å². The van der Waals surface area contributed by atoms with Crippen LogP contribution in [0, 0.1) is 0 Å². The van der Waals surface area contributed by atoms with Gasteiger partial charge in [-0.3, -0.25) is 14.5 Å². The maximum Gasteiger partial charge on any atom is 0.239 e. The van der Waals surface area contributed by atoms with Crippen LogP contribution < -0.4 is 10.2 Å². The number of rotatable bonds is 5. The second kappa shape index (κ2) is 9.22. The first-order valence-electron chi connectivity index (χ1n) is 10.1. The lowest BCUT2D eigenvalue weighted by Crippen LogP contribution is -2.45. The van der Waals surface area contributed by atoms with Crippen LogP contribution in [-0.4, -0.2) is 67.9 Å². The summed E-state index contributed by atoms with van der Waals surface area (Å²) >= 11 is 0. The first-order valence-corrected chi connectivity index (χ1v) is 10.1. The number of anilines is 2. The van der Waals surface area contributed by atoms with E-state index in [9.17, 15) is 9.59 Å². The van der Waals surface area contributed by atoms with E-state index in [1.807, 2.05) is 17.0 Å². The zero-order chi connectivity index (χ0) is 19.2. The number of amides is 2. The maximum absolute atomic E-state index is 12.5. The summed E-state index contributed by atoms with van der Waals surface area (Å²) < 4.78 is 0. The van der Waals surface area contributed by atoms with Gasteiger partial charge in [0, 0.05) is 38.6 Å². The number of nitrogens with zero attached hydrogens (tertiary/aromatic N) is 3. The molecule has 148 valence electrons. The van der Waals surface area contributed by atoms with Crippen LogP contribution in [0.5, 0.6) is 0 Å². The van der Waals surface area contributed by atoms with Crippen molar-refractivity contribution in [1.29, 1.82) is 0 Å². The number of hydrogen-bond acceptors (Lipinski definition) is 4. The quantitative estimate of drug-likeness (QED) is 0.863. The normalized spacial score (nSPS) is 21.0. The van der Waals surface area contributed by atoms with E-state index in [1.54, 1.807) is 19.0 Å². The van der Waals surface area contributed by atoms with Crippen LogP contribution in [0.4, 0.5) is 11.4 Å². The van der Waals surface area contributed by atoms with Crippen molar-refractivity contribution in [2.45, 2.75) is 44.6 Å². The van der Waals surface area contributed by atoms with Crippen molar-refractivity contribution in [3.05, 3.63) is 24.3 Å². The molecule has 0 saturated carbocycles. The zero-order valence-electron chi connectivity index (χ0n) is 16.6. The van der Waals surface area contributed by atoms with E-state index in [2.05, 4.69) is 22.3 Å². The molecule has 0 aliphatic carbocycles. The molecule has 6 nitrogen and oxygen atoms in total. The second-order valence-corrected chi connectivity index (χ2v) is 7.86. The first-order chi connectivity index (χ1) is 13.0. The molecule has 1 unspecified atom stereocenters. The third kappa shape index (κ3) is 5.22. The Morgan fingerprint density at radius 1 is 1.00 bits per heavy atom. The molecule has 2 amide bonds. The van der Waals surface area contributed by atoms with Crippen LogP contribution in [0.2, 0.25) is 0 Å². The second-order valence-electron chi connectivity index (χ2n) is 7.86. The highest BCUT2D eigenvalue weighted by molar-refractivity contribution is 5.93. The first kappa shape index (κ1) is 19.7. The Labute approximate surface area is 162 Å². The fourth-order valence-corrected chi connectivity index (χ4v) is 4.06. The highest BCUT2D eigenvalue weighted by atomic mass is 16.2. The molecule has 2 saturated heterocycles. The zero-order valence-corrected chi connectivity index (χ0v) is 16.6. The summed E-state index contributed by atoms with van der Waals surface area (Å²) in [6.07, 6.45) is 6.93. The number of benzene rings is 1. The molecule has 2 fully saturated rings. The lowest BCUT2D eigenvalue weighted by Gasteiger charge is -2.25. The highest BCUT2D eigenvalue weighted by Crippen LogP contribution is 2.22. The molecule has 0 aromatic heterocycles. The average Bonchev–Trinajstić information content (AvgIpc) is 2.93. The van der Waals surface area contributed by atoms with Gasteiger partial charge < -0.3 is 15.1 Å². The van der Waals surface area contributed by atoms with Crippen LogP contribution >= 0.6 is 0 Å². The molecule has 1 N–H and O–H groups in total. The Morgan fingerprint density at radius 2 is 1.67 bits per heavy atom. The molecule has 3 rings (SSSR count). The van der Waals surface area contributed by atoms with Gasteiger partial charge in [-0.05, 0) is 56.5 Å². The van der Waals surface area contributed by atoms with Crippen molar-refractivity contribution in [2.75, 3.05) is 50.5 Å². The monoisotopic (exact) mass is 372 g/mol. The number of likely N-dealkylation sites (N-methyl/N-ethyl adjacent to an activating group) is 1. The Kier molecular flexibility index (Phi) is 6.72. The van der Waals surface area contributed by atoms with Gasteiger partial charge in [-0.2, -0.15) is 0 Å². The lowest BCUT2D eigenvalue weighted by atomic mass is 10.2. The van der Waals surface area contributed by atoms with Crippen LogP contribution in [0.3, 0.4) is 0 Å². The van der Waals surface area contributed by atoms with E-state index in [0.717, 1.165) is 38.2 Å². The van der Waals surface area contributed by atoms with E-state index < -0.39 is 0 Å². The number of carbonyl (C=O) groups is 2. The SMILES string of the molecule is CN(C)C(=O)C1CCCN1CC(=O)Nc1ccc(N2CCCCCC2)cc1. The van der Waals surface area contributed by atoms with Crippen LogP contribution in [-0.2, 0) is 9.59 Å². The molecule has 1 atom stereocenters. The summed E-state index contributed by atoms with van der Waals surface area (Å²) in [4.78, 5) is 30.7. The smallest absolute Gasteiger partial charge is 0.239 e. The summed E-state index contributed by atoms with van der Waals surface area (Å²) in [7, 11) is 3.54. The molecule has 2 aliphatic heterocycles. The summed E-state index contributed by atoms with van der Waals surface area (Å²) in [6.45, 7) is 3.29. The molecular weight excluding hydrogens is 340 g/mol. The maximum atomic E-state index is 12.5. The largest absolute Gasteiger partial charge is 0.372 e. The number of hydrogen-bond donors (Lipinski definition) is 1. The average molecular weight is 373 g/mol. The molecule has 0 radical (unpaired) electrons. The van der Waals surface area contributed by atoms with Gasteiger partial charge in [0.2, 0.25) is 11.8 Å². The number of carbonyl (C=O) groups excluding carboxylic acids is 2. The molecule has 0 bridgehead atoms. The van der Waals surface area contributed by atoms with Gasteiger partial charge in [0.15, 0.2) is 0 Å². The lowest BCUT2D eigenvalue weighted by molar-refractivity contribution is -0.133. The standard InChI is InChI=1S/C21H32N4O2/c1-23(2)21(27)19-8-7-15-25(19)16-20(26)22-17-9-11-18(12-10-17)24-13-5-3-4-6-14-24/h9-12,19H,3-8,13-16H2,1-2H3,(H,22,26). The minimum atomic E-state index is -0.170. The van der Waals surface area contributed by atoms with E-state index in [1.165, 1.54) is 31.4 Å². The molecule has 1 aromatic rings. The molecular formula is C21H32N4O2. The topological polar surface area (TPSA) is 55.9 Å². The van der Waals surface area contributed by atoms with E-state index in [4.69, 9.17) is 0 Å².